The number of esters is 3. The van der Waals surface area contributed by atoms with Gasteiger partial charge < -0.3 is 19.9 Å². The van der Waals surface area contributed by atoms with Crippen molar-refractivity contribution in [2.45, 2.75) is 154 Å². The second-order valence-electron chi connectivity index (χ2n) is 10.4. The Balaban J connectivity index is 4.24. The molecule has 38 heavy (non-hydrogen) atoms. The molecule has 8 heteroatoms. The van der Waals surface area contributed by atoms with Crippen molar-refractivity contribution in [3.8, 4) is 0 Å². The summed E-state index contributed by atoms with van der Waals surface area (Å²) in [5, 5.41) is 0. The number of carbonyl (C=O) groups excluding carboxylic acids is 3. The quantitative estimate of drug-likeness (QED) is 0.0479. The fourth-order valence-corrected chi connectivity index (χ4v) is 4.28. The van der Waals surface area contributed by atoms with Gasteiger partial charge in [-0.05, 0) is 12.8 Å². The van der Waals surface area contributed by atoms with Crippen molar-refractivity contribution in [3.05, 3.63) is 0 Å². The largest absolute Gasteiger partial charge is 0.462 e. The van der Waals surface area contributed by atoms with Crippen LogP contribution in [-0.4, -0.2) is 49.0 Å². The van der Waals surface area contributed by atoms with E-state index in [9.17, 15) is 14.4 Å². The van der Waals surface area contributed by atoms with Crippen molar-refractivity contribution in [1.82, 2.24) is 0 Å². The Hall–Kier alpha value is -1.28. The highest BCUT2D eigenvalue weighted by Crippen LogP contribution is 2.13. The van der Waals surface area contributed by atoms with E-state index in [1.54, 1.807) is 0 Å². The highest BCUT2D eigenvalue weighted by molar-refractivity contribution is 7.80. The molecule has 0 aromatic heterocycles. The third kappa shape index (κ3) is 23.8. The van der Waals surface area contributed by atoms with E-state index in [1.807, 2.05) is 0 Å². The van der Waals surface area contributed by atoms with Gasteiger partial charge in [-0.15, -0.1) is 0 Å². The van der Waals surface area contributed by atoms with Crippen LogP contribution in [0.5, 0.6) is 0 Å². The van der Waals surface area contributed by atoms with Crippen molar-refractivity contribution in [3.63, 3.8) is 0 Å². The lowest BCUT2D eigenvalue weighted by molar-refractivity contribution is -0.167. The maximum atomic E-state index is 12.4. The Labute approximate surface area is 238 Å². The molecule has 0 aromatic rings. The summed E-state index contributed by atoms with van der Waals surface area (Å²) in [5.41, 5.74) is 5.64. The van der Waals surface area contributed by atoms with Crippen LogP contribution < -0.4 is 5.73 Å². The third-order valence-corrected chi connectivity index (χ3v) is 7.00. The molecule has 0 saturated heterocycles. The van der Waals surface area contributed by atoms with E-state index in [-0.39, 0.29) is 30.9 Å². The maximum absolute atomic E-state index is 12.4. The van der Waals surface area contributed by atoms with Crippen LogP contribution in [-0.2, 0) is 28.6 Å². The molecule has 7 nitrogen and oxygen atoms in total. The molecule has 0 spiro atoms. The van der Waals surface area contributed by atoms with Gasteiger partial charge in [-0.25, -0.2) is 0 Å². The summed E-state index contributed by atoms with van der Waals surface area (Å²) in [6.07, 6.45) is 20.7. The topological polar surface area (TPSA) is 105 Å². The number of thiol groups is 1. The van der Waals surface area contributed by atoms with E-state index >= 15 is 0 Å². The van der Waals surface area contributed by atoms with Crippen molar-refractivity contribution in [1.29, 1.82) is 0 Å². The lowest BCUT2D eigenvalue weighted by Crippen LogP contribution is -2.37. The maximum Gasteiger partial charge on any atom is 0.323 e. The third-order valence-electron chi connectivity index (χ3n) is 6.61. The first-order valence-electron chi connectivity index (χ1n) is 15.3. The second kappa shape index (κ2) is 27.3. The zero-order valence-electron chi connectivity index (χ0n) is 24.4. The molecule has 0 radical (unpaired) electrons. The summed E-state index contributed by atoms with van der Waals surface area (Å²) in [7, 11) is 0. The number of hydrogen-bond acceptors (Lipinski definition) is 8. The standard InChI is InChI=1S/C30H57NO6S/c1-3-5-7-9-11-13-15-17-19-21-28(32)35-23-26(24-36-30(34)27(31)25-38)37-29(33)22-20-18-16-14-12-10-8-6-4-2/h26-27,38H,3-25,31H2,1-2H3/t26-,27-/m0/s1. The molecule has 0 heterocycles. The normalized spacial score (nSPS) is 12.6. The Kier molecular flexibility index (Phi) is 26.4. The van der Waals surface area contributed by atoms with E-state index < -0.39 is 18.1 Å². The first kappa shape index (κ1) is 36.7. The van der Waals surface area contributed by atoms with E-state index in [4.69, 9.17) is 19.9 Å². The molecule has 2 N–H and O–H groups in total. The van der Waals surface area contributed by atoms with Gasteiger partial charge in [0.05, 0.1) is 0 Å². The number of ether oxygens (including phenoxy) is 3. The summed E-state index contributed by atoms with van der Waals surface area (Å²) in [6, 6.07) is -0.856. The minimum Gasteiger partial charge on any atom is -0.462 e. The monoisotopic (exact) mass is 559 g/mol. The van der Waals surface area contributed by atoms with Crippen molar-refractivity contribution < 1.29 is 28.6 Å². The molecule has 0 aliphatic rings. The van der Waals surface area contributed by atoms with Gasteiger partial charge in [0.15, 0.2) is 6.10 Å². The fraction of sp³-hybridized carbons (Fsp3) is 0.900. The summed E-state index contributed by atoms with van der Waals surface area (Å²) >= 11 is 4.00. The van der Waals surface area contributed by atoms with Gasteiger partial charge in [0.1, 0.15) is 19.3 Å². The highest BCUT2D eigenvalue weighted by Gasteiger charge is 2.21. The predicted octanol–water partition coefficient (Wildman–Crippen LogP) is 7.08. The lowest BCUT2D eigenvalue weighted by atomic mass is 10.1. The fourth-order valence-electron chi connectivity index (χ4n) is 4.14. The van der Waals surface area contributed by atoms with Gasteiger partial charge >= 0.3 is 17.9 Å². The molecule has 2 atom stereocenters. The molecule has 0 bridgehead atoms. The van der Waals surface area contributed by atoms with Crippen LogP contribution in [0.4, 0.5) is 0 Å². The van der Waals surface area contributed by atoms with Crippen LogP contribution >= 0.6 is 12.6 Å². The van der Waals surface area contributed by atoms with Crippen LogP contribution in [0, 0.1) is 0 Å². The Morgan fingerprint density at radius 2 is 1.00 bits per heavy atom. The second-order valence-corrected chi connectivity index (χ2v) is 10.7. The lowest BCUT2D eigenvalue weighted by Gasteiger charge is -2.19. The molecular weight excluding hydrogens is 502 g/mol. The number of hydrogen-bond donors (Lipinski definition) is 2. The minimum absolute atomic E-state index is 0.136. The number of rotatable bonds is 27. The highest BCUT2D eigenvalue weighted by atomic mass is 32.1. The Morgan fingerprint density at radius 1 is 0.605 bits per heavy atom. The summed E-state index contributed by atoms with van der Waals surface area (Å²) in [5.74, 6) is -1.18. The molecule has 0 aromatic carbocycles. The van der Waals surface area contributed by atoms with Crippen molar-refractivity contribution >= 4 is 30.5 Å². The van der Waals surface area contributed by atoms with Gasteiger partial charge in [-0.2, -0.15) is 12.6 Å². The van der Waals surface area contributed by atoms with Gasteiger partial charge in [-0.3, -0.25) is 14.4 Å². The van der Waals surface area contributed by atoms with E-state index in [0.29, 0.717) is 12.8 Å². The molecule has 0 unspecified atom stereocenters. The number of unbranched alkanes of at least 4 members (excludes halogenated alkanes) is 16. The summed E-state index contributed by atoms with van der Waals surface area (Å²) in [6.45, 7) is 4.10. The van der Waals surface area contributed by atoms with Crippen LogP contribution in [0.3, 0.4) is 0 Å². The molecule has 0 rings (SSSR count). The first-order chi connectivity index (χ1) is 18.4. The Bertz CT molecular complexity index is 589. The van der Waals surface area contributed by atoms with Gasteiger partial charge in [0.25, 0.3) is 0 Å². The van der Waals surface area contributed by atoms with E-state index in [0.717, 1.165) is 38.5 Å². The Morgan fingerprint density at radius 3 is 1.45 bits per heavy atom. The van der Waals surface area contributed by atoms with E-state index in [2.05, 4.69) is 26.5 Å². The predicted molar refractivity (Wildman–Crippen MR) is 157 cm³/mol. The average Bonchev–Trinajstić information content (AvgIpc) is 2.91. The summed E-state index contributed by atoms with van der Waals surface area (Å²) < 4.78 is 16.0. The molecule has 0 amide bonds. The van der Waals surface area contributed by atoms with Crippen LogP contribution in [0.1, 0.15) is 142 Å². The van der Waals surface area contributed by atoms with E-state index in [1.165, 1.54) is 77.0 Å². The van der Waals surface area contributed by atoms with Crippen LogP contribution in [0.15, 0.2) is 0 Å². The minimum atomic E-state index is -0.856. The van der Waals surface area contributed by atoms with Crippen LogP contribution in [0.2, 0.25) is 0 Å². The SMILES string of the molecule is CCCCCCCCCCCC(=O)OC[C@@H](COC(=O)[C@@H](N)CS)OC(=O)CCCCCCCCCCC. The van der Waals surface area contributed by atoms with Crippen molar-refractivity contribution in [2.75, 3.05) is 19.0 Å². The number of carbonyl (C=O) groups is 3. The smallest absolute Gasteiger partial charge is 0.323 e. The molecule has 0 aliphatic carbocycles. The van der Waals surface area contributed by atoms with Gasteiger partial charge in [-0.1, -0.05) is 117 Å². The van der Waals surface area contributed by atoms with Gasteiger partial charge in [0.2, 0.25) is 0 Å². The summed E-state index contributed by atoms with van der Waals surface area (Å²) in [4.78, 5) is 36.5. The van der Waals surface area contributed by atoms with Crippen molar-refractivity contribution in [2.24, 2.45) is 5.73 Å². The molecular formula is C30H57NO6S. The molecule has 0 saturated carbocycles. The zero-order chi connectivity index (χ0) is 28.3. The molecule has 0 aliphatic heterocycles. The average molecular weight is 560 g/mol. The first-order valence-corrected chi connectivity index (χ1v) is 16.0. The van der Waals surface area contributed by atoms with Gasteiger partial charge in [0, 0.05) is 18.6 Å². The molecule has 224 valence electrons. The number of nitrogens with two attached hydrogens (primary N) is 1. The zero-order valence-corrected chi connectivity index (χ0v) is 25.3. The molecule has 0 fully saturated rings. The van der Waals surface area contributed by atoms with Crippen LogP contribution in [0.25, 0.3) is 0 Å².